The lowest BCUT2D eigenvalue weighted by atomic mass is 9.91. The highest BCUT2D eigenvalue weighted by atomic mass is 28.4. The van der Waals surface area contributed by atoms with E-state index in [0.29, 0.717) is 25.7 Å². The average Bonchev–Trinajstić information content (AvgIpc) is 3.42. The summed E-state index contributed by atoms with van der Waals surface area (Å²) < 4.78 is 6.90. The van der Waals surface area contributed by atoms with E-state index in [-0.39, 0.29) is 57.0 Å². The van der Waals surface area contributed by atoms with Gasteiger partial charge in [-0.15, -0.1) is 0 Å². The third kappa shape index (κ3) is 3.60. The van der Waals surface area contributed by atoms with Crippen molar-refractivity contribution in [2.45, 2.75) is 63.0 Å². The molecule has 0 aromatic carbocycles. The second-order valence-corrected chi connectivity index (χ2v) is 19.7. The molecule has 2 fully saturated rings. The first-order valence-corrected chi connectivity index (χ1v) is 17.3. The third-order valence-electron chi connectivity index (χ3n) is 8.50. The first kappa shape index (κ1) is 23.9. The van der Waals surface area contributed by atoms with Gasteiger partial charge >= 0.3 is 23.9 Å². The SMILES string of the molecule is C[Si](C)(O[Si](C)(C)C1CC2CC1C(C(=O)O)=C2C(=O)O)C1CC2CC1C(C(=O)O)=C2C(=O)O. The van der Waals surface area contributed by atoms with Crippen LogP contribution in [0, 0.1) is 23.7 Å². The highest BCUT2D eigenvalue weighted by Gasteiger charge is 2.60. The molecule has 0 heterocycles. The third-order valence-corrected chi connectivity index (χ3v) is 17.6. The first-order chi connectivity index (χ1) is 15.2. The van der Waals surface area contributed by atoms with Gasteiger partial charge in [-0.2, -0.15) is 0 Å². The molecule has 33 heavy (non-hydrogen) atoms. The maximum atomic E-state index is 11.9. The number of hydrogen-bond acceptors (Lipinski definition) is 5. The molecule has 0 saturated heterocycles. The van der Waals surface area contributed by atoms with Crippen molar-refractivity contribution < 1.29 is 43.7 Å². The molecule has 9 nitrogen and oxygen atoms in total. The summed E-state index contributed by atoms with van der Waals surface area (Å²) in [4.78, 5) is 47.1. The number of carboxylic acid groups (broad SMARTS) is 4. The van der Waals surface area contributed by atoms with E-state index in [1.54, 1.807) is 0 Å². The second kappa shape index (κ2) is 7.64. The van der Waals surface area contributed by atoms with Crippen LogP contribution in [0.4, 0.5) is 0 Å². The van der Waals surface area contributed by atoms with Crippen molar-refractivity contribution in [1.82, 2.24) is 0 Å². The Balaban J connectivity index is 1.59. The van der Waals surface area contributed by atoms with Crippen LogP contribution in [0.1, 0.15) is 25.7 Å². The van der Waals surface area contributed by atoms with Crippen LogP contribution in [0.5, 0.6) is 0 Å². The van der Waals surface area contributed by atoms with Crippen molar-refractivity contribution in [2.24, 2.45) is 23.7 Å². The van der Waals surface area contributed by atoms with Crippen molar-refractivity contribution in [1.29, 1.82) is 0 Å². The van der Waals surface area contributed by atoms with Gasteiger partial charge in [-0.1, -0.05) is 0 Å². The van der Waals surface area contributed by atoms with Crippen LogP contribution >= 0.6 is 0 Å². The molecule has 6 atom stereocenters. The Morgan fingerprint density at radius 1 is 0.606 bits per heavy atom. The van der Waals surface area contributed by atoms with Crippen LogP contribution in [0.2, 0.25) is 37.3 Å². The minimum Gasteiger partial charge on any atom is -0.478 e. The molecule has 2 saturated carbocycles. The lowest BCUT2D eigenvalue weighted by molar-refractivity contribution is -0.136. The van der Waals surface area contributed by atoms with Crippen LogP contribution < -0.4 is 0 Å². The van der Waals surface area contributed by atoms with Crippen molar-refractivity contribution in [2.75, 3.05) is 0 Å². The predicted molar refractivity (Wildman–Crippen MR) is 121 cm³/mol. The van der Waals surface area contributed by atoms with Crippen LogP contribution in [0.3, 0.4) is 0 Å². The summed E-state index contributed by atoms with van der Waals surface area (Å²) in [5.41, 5.74) is 0.0764. The molecule has 180 valence electrons. The molecule has 0 aromatic rings. The van der Waals surface area contributed by atoms with E-state index in [2.05, 4.69) is 26.2 Å². The van der Waals surface area contributed by atoms with Gasteiger partial charge in [0.15, 0.2) is 16.6 Å². The molecular formula is C22H30O9Si2. The molecule has 4 aliphatic carbocycles. The van der Waals surface area contributed by atoms with Crippen LogP contribution in [0.15, 0.2) is 22.3 Å². The summed E-state index contributed by atoms with van der Waals surface area (Å²) in [5.74, 6) is -5.86. The van der Waals surface area contributed by atoms with E-state index in [4.69, 9.17) is 4.12 Å². The molecule has 0 aliphatic heterocycles. The quantitative estimate of drug-likeness (QED) is 0.372. The zero-order valence-corrected chi connectivity index (χ0v) is 21.1. The summed E-state index contributed by atoms with van der Waals surface area (Å²) in [5, 5.41) is 38.5. The Kier molecular flexibility index (Phi) is 5.53. The largest absolute Gasteiger partial charge is 0.478 e. The van der Waals surface area contributed by atoms with E-state index in [1.807, 2.05) is 0 Å². The molecule has 4 rings (SSSR count). The van der Waals surface area contributed by atoms with Gasteiger partial charge in [-0.05, 0) is 86.6 Å². The summed E-state index contributed by atoms with van der Waals surface area (Å²) in [6, 6.07) is 0. The van der Waals surface area contributed by atoms with Gasteiger partial charge in [0.1, 0.15) is 0 Å². The molecule has 0 amide bonds. The number of aliphatic carboxylic acids is 4. The Bertz CT molecular complexity index is 945. The molecule has 4 bridgehead atoms. The molecule has 4 aliphatic rings. The summed E-state index contributed by atoms with van der Waals surface area (Å²) in [7, 11) is -5.01. The topological polar surface area (TPSA) is 158 Å². The zero-order valence-electron chi connectivity index (χ0n) is 19.1. The van der Waals surface area contributed by atoms with Crippen LogP contribution in [-0.2, 0) is 23.3 Å². The van der Waals surface area contributed by atoms with Crippen LogP contribution in [0.25, 0.3) is 0 Å². The number of carbonyl (C=O) groups is 4. The lowest BCUT2D eigenvalue weighted by Crippen LogP contribution is -2.52. The Labute approximate surface area is 193 Å². The number of hydrogen-bond donors (Lipinski definition) is 4. The Morgan fingerprint density at radius 2 is 0.909 bits per heavy atom. The summed E-state index contributed by atoms with van der Waals surface area (Å²) in [6.45, 7) is 8.21. The van der Waals surface area contributed by atoms with E-state index in [9.17, 15) is 39.6 Å². The molecule has 0 spiro atoms. The van der Waals surface area contributed by atoms with E-state index in [1.165, 1.54) is 0 Å². The highest BCUT2D eigenvalue weighted by Crippen LogP contribution is 2.61. The van der Waals surface area contributed by atoms with Gasteiger partial charge in [0, 0.05) is 0 Å². The fraction of sp³-hybridized carbons (Fsp3) is 0.636. The normalized spacial score (nSPS) is 33.2. The summed E-state index contributed by atoms with van der Waals surface area (Å²) in [6.07, 6.45) is 2.26. The van der Waals surface area contributed by atoms with Gasteiger partial charge in [-0.3, -0.25) is 0 Å². The molecular weight excluding hydrogens is 464 g/mol. The molecule has 11 heteroatoms. The monoisotopic (exact) mass is 494 g/mol. The number of rotatable bonds is 8. The maximum Gasteiger partial charge on any atom is 0.332 e. The second-order valence-electron chi connectivity index (χ2n) is 10.9. The Morgan fingerprint density at radius 3 is 1.18 bits per heavy atom. The van der Waals surface area contributed by atoms with Gasteiger partial charge in [0.05, 0.1) is 22.3 Å². The van der Waals surface area contributed by atoms with E-state index >= 15 is 0 Å². The minimum absolute atomic E-state index is 0.0221. The van der Waals surface area contributed by atoms with Crippen LogP contribution in [-0.4, -0.2) is 60.9 Å². The standard InChI is InChI=1S/C22H30O9Si2/c1-32(2,13-7-9-5-11(13)17(21(27)28)15(9)19(23)24)31-33(3,4)14-8-10-6-12(14)18(22(29)30)16(10)20(25)26/h9-14H,5-8H2,1-4H3,(H,23,24)(H,25,26)(H,27,28)(H,29,30). The van der Waals surface area contributed by atoms with Crippen molar-refractivity contribution >= 4 is 40.5 Å². The molecule has 0 aromatic heterocycles. The number of fused-ring (bicyclic) bond motifs is 4. The fourth-order valence-corrected chi connectivity index (χ4v) is 18.4. The highest BCUT2D eigenvalue weighted by molar-refractivity contribution is 6.86. The smallest absolute Gasteiger partial charge is 0.332 e. The predicted octanol–water partition coefficient (Wildman–Crippen LogP) is 3.16. The first-order valence-electron chi connectivity index (χ1n) is 11.3. The van der Waals surface area contributed by atoms with Gasteiger partial charge in [0.2, 0.25) is 0 Å². The van der Waals surface area contributed by atoms with Gasteiger partial charge in [-0.25, -0.2) is 19.2 Å². The number of carboxylic acids is 4. The van der Waals surface area contributed by atoms with E-state index in [0.717, 1.165) is 0 Å². The zero-order chi connectivity index (χ0) is 24.6. The minimum atomic E-state index is -2.50. The van der Waals surface area contributed by atoms with Crippen molar-refractivity contribution in [3.05, 3.63) is 22.3 Å². The lowest BCUT2D eigenvalue weighted by Gasteiger charge is -2.45. The maximum absolute atomic E-state index is 11.9. The Hall–Kier alpha value is -2.25. The average molecular weight is 495 g/mol. The van der Waals surface area contributed by atoms with Gasteiger partial charge in [0.25, 0.3) is 0 Å². The molecule has 4 N–H and O–H groups in total. The van der Waals surface area contributed by atoms with Crippen molar-refractivity contribution in [3.63, 3.8) is 0 Å². The van der Waals surface area contributed by atoms with E-state index < -0.39 is 40.5 Å². The van der Waals surface area contributed by atoms with Gasteiger partial charge < -0.3 is 24.5 Å². The molecule has 6 unspecified atom stereocenters. The fourth-order valence-electron chi connectivity index (χ4n) is 7.52. The van der Waals surface area contributed by atoms with Crippen molar-refractivity contribution in [3.8, 4) is 0 Å². The molecule has 0 radical (unpaired) electrons. The summed E-state index contributed by atoms with van der Waals surface area (Å²) >= 11 is 0.